The summed E-state index contributed by atoms with van der Waals surface area (Å²) in [4.78, 5) is 33.5. The molecular weight excluding hydrogens is 256 g/mol. The lowest BCUT2D eigenvalue weighted by molar-refractivity contribution is -0.140. The van der Waals surface area contributed by atoms with Crippen LogP contribution in [0.2, 0.25) is 0 Å². The van der Waals surface area contributed by atoms with Crippen molar-refractivity contribution in [3.8, 4) is 0 Å². The summed E-state index contributed by atoms with van der Waals surface area (Å²) in [7, 11) is 0. The largest absolute Gasteiger partial charge is 0.481 e. The predicted molar refractivity (Wildman–Crippen MR) is 67.8 cm³/mol. The molecule has 0 aliphatic rings. The third-order valence-corrected chi connectivity index (χ3v) is 3.12. The van der Waals surface area contributed by atoms with Gasteiger partial charge in [-0.15, -0.1) is 11.3 Å². The molecule has 1 aromatic rings. The Morgan fingerprint density at radius 3 is 2.61 bits per heavy atom. The number of amides is 2. The van der Waals surface area contributed by atoms with Gasteiger partial charge >= 0.3 is 5.97 Å². The molecule has 7 heteroatoms. The molecule has 0 aliphatic carbocycles. The smallest absolute Gasteiger partial charge is 0.308 e. The maximum absolute atomic E-state index is 11.7. The van der Waals surface area contributed by atoms with Crippen molar-refractivity contribution in [2.24, 2.45) is 5.92 Å². The van der Waals surface area contributed by atoms with Crippen LogP contribution in [0.25, 0.3) is 0 Å². The van der Waals surface area contributed by atoms with E-state index in [0.717, 1.165) is 11.3 Å². The molecule has 1 atom stereocenters. The van der Waals surface area contributed by atoms with Crippen molar-refractivity contribution in [2.75, 3.05) is 11.9 Å². The second-order valence-corrected chi connectivity index (χ2v) is 4.88. The summed E-state index contributed by atoms with van der Waals surface area (Å²) in [5.41, 5.74) is 0. The van der Waals surface area contributed by atoms with E-state index in [1.54, 1.807) is 12.1 Å². The lowest BCUT2D eigenvalue weighted by atomic mass is 10.2. The lowest BCUT2D eigenvalue weighted by Crippen LogP contribution is -2.30. The molecule has 2 amide bonds. The molecule has 3 N–H and O–H groups in total. The second-order valence-electron chi connectivity index (χ2n) is 3.79. The summed E-state index contributed by atoms with van der Waals surface area (Å²) in [6.45, 7) is 2.97. The van der Waals surface area contributed by atoms with Gasteiger partial charge in [-0.05, 0) is 12.1 Å². The number of carboxylic acids is 1. The molecule has 0 aliphatic heterocycles. The quantitative estimate of drug-likeness (QED) is 0.748. The summed E-state index contributed by atoms with van der Waals surface area (Å²) < 4.78 is 0. The Morgan fingerprint density at radius 2 is 2.06 bits per heavy atom. The van der Waals surface area contributed by atoms with Gasteiger partial charge in [-0.2, -0.15) is 0 Å². The van der Waals surface area contributed by atoms with E-state index in [1.807, 2.05) is 0 Å². The molecule has 0 spiro atoms. The first-order valence-corrected chi connectivity index (χ1v) is 6.10. The minimum atomic E-state index is -0.958. The molecular formula is C11H14N2O4S. The van der Waals surface area contributed by atoms with Gasteiger partial charge in [0, 0.05) is 13.5 Å². The number of hydrogen-bond donors (Lipinski definition) is 3. The highest BCUT2D eigenvalue weighted by Gasteiger charge is 2.14. The predicted octanol–water partition coefficient (Wildman–Crippen LogP) is 1.16. The molecule has 1 heterocycles. The van der Waals surface area contributed by atoms with Crippen LogP contribution in [0.15, 0.2) is 12.1 Å². The molecule has 18 heavy (non-hydrogen) atoms. The van der Waals surface area contributed by atoms with Crippen LogP contribution in [0.4, 0.5) is 5.00 Å². The standard InChI is InChI=1S/C11H14N2O4S/c1-6(11(16)17)5-12-10(15)8-3-4-9(18-8)13-7(2)14/h3-4,6H,5H2,1-2H3,(H,12,15)(H,13,14)(H,16,17). The molecule has 0 radical (unpaired) electrons. The van der Waals surface area contributed by atoms with Crippen LogP contribution in [-0.2, 0) is 9.59 Å². The fraction of sp³-hybridized carbons (Fsp3) is 0.364. The Kier molecular flexibility index (Phi) is 4.85. The van der Waals surface area contributed by atoms with Gasteiger partial charge in [-0.25, -0.2) is 0 Å². The molecule has 0 saturated heterocycles. The first kappa shape index (κ1) is 14.2. The zero-order chi connectivity index (χ0) is 13.7. The number of anilines is 1. The molecule has 0 aromatic carbocycles. The van der Waals surface area contributed by atoms with Crippen LogP contribution in [0.1, 0.15) is 23.5 Å². The van der Waals surface area contributed by atoms with E-state index in [0.29, 0.717) is 9.88 Å². The van der Waals surface area contributed by atoms with Gasteiger partial charge in [0.05, 0.1) is 15.8 Å². The van der Waals surface area contributed by atoms with Crippen molar-refractivity contribution in [3.63, 3.8) is 0 Å². The van der Waals surface area contributed by atoms with Gasteiger partial charge in [-0.3, -0.25) is 14.4 Å². The van der Waals surface area contributed by atoms with Crippen molar-refractivity contribution >= 4 is 34.1 Å². The summed E-state index contributed by atoms with van der Waals surface area (Å²) in [6.07, 6.45) is 0. The number of carboxylic acid groups (broad SMARTS) is 1. The maximum atomic E-state index is 11.7. The van der Waals surface area contributed by atoms with Crippen molar-refractivity contribution in [2.45, 2.75) is 13.8 Å². The highest BCUT2D eigenvalue weighted by Crippen LogP contribution is 2.21. The van der Waals surface area contributed by atoms with Crippen LogP contribution in [0.3, 0.4) is 0 Å². The monoisotopic (exact) mass is 270 g/mol. The Balaban J connectivity index is 2.54. The molecule has 1 aromatic heterocycles. The number of rotatable bonds is 5. The van der Waals surface area contributed by atoms with E-state index in [9.17, 15) is 14.4 Å². The Morgan fingerprint density at radius 1 is 1.39 bits per heavy atom. The van der Waals surface area contributed by atoms with Crippen molar-refractivity contribution < 1.29 is 19.5 Å². The highest BCUT2D eigenvalue weighted by atomic mass is 32.1. The van der Waals surface area contributed by atoms with Gasteiger partial charge in [0.1, 0.15) is 0 Å². The van der Waals surface area contributed by atoms with Crippen LogP contribution in [0.5, 0.6) is 0 Å². The third kappa shape index (κ3) is 4.17. The highest BCUT2D eigenvalue weighted by molar-refractivity contribution is 7.18. The molecule has 0 saturated carbocycles. The number of aliphatic carboxylic acids is 1. The van der Waals surface area contributed by atoms with E-state index in [1.165, 1.54) is 13.8 Å². The molecule has 0 fully saturated rings. The lowest BCUT2D eigenvalue weighted by Gasteiger charge is -2.06. The van der Waals surface area contributed by atoms with Gasteiger partial charge in [0.2, 0.25) is 5.91 Å². The normalized spacial score (nSPS) is 11.7. The van der Waals surface area contributed by atoms with Crippen LogP contribution in [-0.4, -0.2) is 29.4 Å². The molecule has 1 rings (SSSR count). The van der Waals surface area contributed by atoms with Crippen molar-refractivity contribution in [1.82, 2.24) is 5.32 Å². The SMILES string of the molecule is CC(=O)Nc1ccc(C(=O)NCC(C)C(=O)O)s1. The summed E-state index contributed by atoms with van der Waals surface area (Å²) in [5.74, 6) is -2.14. The molecule has 6 nitrogen and oxygen atoms in total. The molecule has 98 valence electrons. The zero-order valence-electron chi connectivity index (χ0n) is 10.0. The Hall–Kier alpha value is -1.89. The maximum Gasteiger partial charge on any atom is 0.308 e. The fourth-order valence-corrected chi connectivity index (χ4v) is 1.99. The summed E-state index contributed by atoms with van der Waals surface area (Å²) >= 11 is 1.14. The van der Waals surface area contributed by atoms with E-state index in [4.69, 9.17) is 5.11 Å². The van der Waals surface area contributed by atoms with E-state index < -0.39 is 11.9 Å². The summed E-state index contributed by atoms with van der Waals surface area (Å²) in [5, 5.41) is 14.3. The average molecular weight is 270 g/mol. The zero-order valence-corrected chi connectivity index (χ0v) is 10.8. The minimum Gasteiger partial charge on any atom is -0.481 e. The number of carbonyl (C=O) groups is 3. The van der Waals surface area contributed by atoms with Gasteiger partial charge in [0.25, 0.3) is 5.91 Å². The Labute approximate surface area is 108 Å². The minimum absolute atomic E-state index is 0.0710. The van der Waals surface area contributed by atoms with Crippen molar-refractivity contribution in [3.05, 3.63) is 17.0 Å². The molecule has 1 unspecified atom stereocenters. The van der Waals surface area contributed by atoms with Gasteiger partial charge in [-0.1, -0.05) is 6.92 Å². The van der Waals surface area contributed by atoms with E-state index in [2.05, 4.69) is 10.6 Å². The number of carbonyl (C=O) groups excluding carboxylic acids is 2. The van der Waals surface area contributed by atoms with Gasteiger partial charge in [0.15, 0.2) is 0 Å². The van der Waals surface area contributed by atoms with Crippen LogP contribution >= 0.6 is 11.3 Å². The Bertz CT molecular complexity index is 469. The number of hydrogen-bond acceptors (Lipinski definition) is 4. The first-order valence-electron chi connectivity index (χ1n) is 5.28. The molecule has 0 bridgehead atoms. The fourth-order valence-electron chi connectivity index (χ4n) is 1.12. The summed E-state index contributed by atoms with van der Waals surface area (Å²) in [6, 6.07) is 3.21. The third-order valence-electron chi connectivity index (χ3n) is 2.12. The second kappa shape index (κ2) is 6.15. The van der Waals surface area contributed by atoms with Crippen LogP contribution in [0, 0.1) is 5.92 Å². The van der Waals surface area contributed by atoms with Crippen molar-refractivity contribution in [1.29, 1.82) is 0 Å². The first-order chi connectivity index (χ1) is 8.40. The van der Waals surface area contributed by atoms with Gasteiger partial charge < -0.3 is 15.7 Å². The van der Waals surface area contributed by atoms with E-state index in [-0.39, 0.29) is 18.4 Å². The van der Waals surface area contributed by atoms with E-state index >= 15 is 0 Å². The number of nitrogens with one attached hydrogen (secondary N) is 2. The topological polar surface area (TPSA) is 95.5 Å². The van der Waals surface area contributed by atoms with Crippen LogP contribution < -0.4 is 10.6 Å². The number of thiophene rings is 1. The average Bonchev–Trinajstić information content (AvgIpc) is 2.72.